The number of carbonyl (C=O) groups excluding carboxylic acids is 1. The lowest BCUT2D eigenvalue weighted by molar-refractivity contribution is -0.129. The Kier molecular flexibility index (Phi) is 2.38. The molecule has 0 spiro atoms. The lowest BCUT2D eigenvalue weighted by atomic mass is 10.0. The third-order valence-corrected chi connectivity index (χ3v) is 3.81. The van der Waals surface area contributed by atoms with E-state index in [0.29, 0.717) is 18.0 Å². The zero-order valence-electron chi connectivity index (χ0n) is 9.33. The summed E-state index contributed by atoms with van der Waals surface area (Å²) in [5.41, 5.74) is 0.710. The summed E-state index contributed by atoms with van der Waals surface area (Å²) < 4.78 is 26.1. The molecule has 0 aliphatic carbocycles. The maximum atomic E-state index is 13.2. The van der Waals surface area contributed by atoms with Gasteiger partial charge in [-0.2, -0.15) is 0 Å². The summed E-state index contributed by atoms with van der Waals surface area (Å²) >= 11 is 0. The van der Waals surface area contributed by atoms with Crippen LogP contribution in [-0.2, 0) is 4.79 Å². The summed E-state index contributed by atoms with van der Waals surface area (Å²) in [5.74, 6) is -1.53. The van der Waals surface area contributed by atoms with Gasteiger partial charge in [0.2, 0.25) is 5.91 Å². The van der Waals surface area contributed by atoms with Crippen molar-refractivity contribution in [2.75, 3.05) is 0 Å². The molecule has 2 saturated heterocycles. The number of amides is 1. The van der Waals surface area contributed by atoms with Crippen molar-refractivity contribution >= 4 is 5.91 Å². The second-order valence-electron chi connectivity index (χ2n) is 4.76. The van der Waals surface area contributed by atoms with Crippen molar-refractivity contribution in [2.24, 2.45) is 0 Å². The van der Waals surface area contributed by atoms with Gasteiger partial charge in [0.05, 0.1) is 6.04 Å². The molecule has 3 rings (SSSR count). The molecule has 0 unspecified atom stereocenters. The molecule has 4 heteroatoms. The lowest BCUT2D eigenvalue weighted by Gasteiger charge is -2.24. The van der Waals surface area contributed by atoms with Crippen molar-refractivity contribution in [3.63, 3.8) is 0 Å². The summed E-state index contributed by atoms with van der Waals surface area (Å²) in [6.07, 6.45) is 3.31. The highest BCUT2D eigenvalue weighted by Gasteiger charge is 2.41. The fourth-order valence-corrected chi connectivity index (χ4v) is 3.01. The third kappa shape index (κ3) is 1.63. The van der Waals surface area contributed by atoms with Crippen LogP contribution in [0.25, 0.3) is 0 Å². The predicted octanol–water partition coefficient (Wildman–Crippen LogP) is 2.79. The molecule has 2 aliphatic rings. The van der Waals surface area contributed by atoms with Gasteiger partial charge in [-0.05, 0) is 37.0 Å². The molecule has 2 fully saturated rings. The Bertz CT molecular complexity index is 474. The fraction of sp³-hybridized carbons (Fsp3) is 0.462. The number of carbonyl (C=O) groups is 1. The second-order valence-corrected chi connectivity index (χ2v) is 4.76. The molecule has 17 heavy (non-hydrogen) atoms. The smallest absolute Gasteiger partial charge is 0.223 e. The van der Waals surface area contributed by atoms with Crippen LogP contribution in [0.2, 0.25) is 0 Å². The predicted molar refractivity (Wildman–Crippen MR) is 58.2 cm³/mol. The van der Waals surface area contributed by atoms with Crippen LogP contribution < -0.4 is 0 Å². The van der Waals surface area contributed by atoms with Crippen LogP contribution in [0.1, 0.15) is 37.3 Å². The molecule has 2 aliphatic heterocycles. The van der Waals surface area contributed by atoms with E-state index in [-0.39, 0.29) is 11.9 Å². The normalized spacial score (nSPS) is 27.6. The van der Waals surface area contributed by atoms with Gasteiger partial charge in [0.25, 0.3) is 0 Å². The van der Waals surface area contributed by atoms with E-state index in [1.807, 2.05) is 4.90 Å². The van der Waals surface area contributed by atoms with Gasteiger partial charge in [-0.3, -0.25) is 4.79 Å². The topological polar surface area (TPSA) is 20.3 Å². The summed E-state index contributed by atoms with van der Waals surface area (Å²) in [5, 5.41) is 0. The monoisotopic (exact) mass is 237 g/mol. The van der Waals surface area contributed by atoms with Gasteiger partial charge in [-0.25, -0.2) is 8.78 Å². The van der Waals surface area contributed by atoms with Crippen LogP contribution in [-0.4, -0.2) is 16.8 Å². The molecule has 1 amide bonds. The maximum absolute atomic E-state index is 13.2. The minimum atomic E-state index is -0.837. The van der Waals surface area contributed by atoms with Gasteiger partial charge in [-0.1, -0.05) is 6.07 Å². The van der Waals surface area contributed by atoms with Crippen molar-refractivity contribution in [3.05, 3.63) is 35.4 Å². The summed E-state index contributed by atoms with van der Waals surface area (Å²) in [6, 6.07) is 4.18. The quantitative estimate of drug-likeness (QED) is 0.735. The molecule has 0 saturated carbocycles. The van der Waals surface area contributed by atoms with Crippen LogP contribution in [0.4, 0.5) is 8.78 Å². The van der Waals surface area contributed by atoms with Crippen LogP contribution in [0.3, 0.4) is 0 Å². The Morgan fingerprint density at radius 2 is 1.94 bits per heavy atom. The first-order chi connectivity index (χ1) is 8.16. The minimum absolute atomic E-state index is 0.0647. The van der Waals surface area contributed by atoms with Gasteiger partial charge < -0.3 is 4.90 Å². The Labute approximate surface area is 98.2 Å². The third-order valence-electron chi connectivity index (χ3n) is 3.81. The van der Waals surface area contributed by atoms with Crippen molar-refractivity contribution in [3.8, 4) is 0 Å². The average molecular weight is 237 g/mol. The number of benzene rings is 1. The van der Waals surface area contributed by atoms with Gasteiger partial charge >= 0.3 is 0 Å². The van der Waals surface area contributed by atoms with Crippen molar-refractivity contribution in [1.82, 2.24) is 4.90 Å². The van der Waals surface area contributed by atoms with E-state index >= 15 is 0 Å². The summed E-state index contributed by atoms with van der Waals surface area (Å²) in [7, 11) is 0. The summed E-state index contributed by atoms with van der Waals surface area (Å²) in [6.45, 7) is 0. The van der Waals surface area contributed by atoms with Gasteiger partial charge in [0.1, 0.15) is 0 Å². The highest BCUT2D eigenvalue weighted by atomic mass is 19.2. The molecule has 0 radical (unpaired) electrons. The largest absolute Gasteiger partial charge is 0.333 e. The van der Waals surface area contributed by atoms with Crippen LogP contribution in [0, 0.1) is 11.6 Å². The van der Waals surface area contributed by atoms with Gasteiger partial charge in [0.15, 0.2) is 11.6 Å². The first-order valence-corrected chi connectivity index (χ1v) is 5.93. The van der Waals surface area contributed by atoms with Crippen molar-refractivity contribution < 1.29 is 13.6 Å². The number of fused-ring (bicyclic) bond motifs is 1. The molecule has 0 bridgehead atoms. The average Bonchev–Trinajstić information content (AvgIpc) is 2.86. The number of hydrogen-bond donors (Lipinski definition) is 0. The van der Waals surface area contributed by atoms with Crippen molar-refractivity contribution in [1.29, 1.82) is 0 Å². The molecule has 1 aromatic carbocycles. The highest BCUT2D eigenvalue weighted by Crippen LogP contribution is 2.41. The zero-order chi connectivity index (χ0) is 12.0. The maximum Gasteiger partial charge on any atom is 0.223 e. The standard InChI is InChI=1S/C13H13F2NO/c14-10-4-1-8(7-11(10)15)12-5-2-9-3-6-13(17)16(9)12/h1,4,7,9,12H,2-3,5-6H2/t9-,12+/m0/s1. The fourth-order valence-electron chi connectivity index (χ4n) is 3.01. The molecule has 2 nitrogen and oxygen atoms in total. The molecule has 0 N–H and O–H groups in total. The van der Waals surface area contributed by atoms with E-state index in [9.17, 15) is 13.6 Å². The van der Waals surface area contributed by atoms with Gasteiger partial charge in [0, 0.05) is 12.5 Å². The van der Waals surface area contributed by atoms with E-state index in [0.717, 1.165) is 25.3 Å². The molecular weight excluding hydrogens is 224 g/mol. The Morgan fingerprint density at radius 3 is 2.71 bits per heavy atom. The van der Waals surface area contributed by atoms with Crippen LogP contribution in [0.15, 0.2) is 18.2 Å². The SMILES string of the molecule is O=C1CC[C@@H]2CC[C@H](c3ccc(F)c(F)c3)N12. The number of halogens is 2. The highest BCUT2D eigenvalue weighted by molar-refractivity contribution is 5.79. The first kappa shape index (κ1) is 10.7. The van der Waals surface area contributed by atoms with Crippen LogP contribution >= 0.6 is 0 Å². The first-order valence-electron chi connectivity index (χ1n) is 5.93. The minimum Gasteiger partial charge on any atom is -0.333 e. The molecule has 2 heterocycles. The molecule has 1 aromatic rings. The van der Waals surface area contributed by atoms with E-state index in [1.165, 1.54) is 6.07 Å². The molecule has 0 aromatic heterocycles. The van der Waals surface area contributed by atoms with E-state index in [4.69, 9.17) is 0 Å². The Balaban J connectivity index is 1.93. The van der Waals surface area contributed by atoms with Crippen LogP contribution in [0.5, 0.6) is 0 Å². The van der Waals surface area contributed by atoms with Crippen molar-refractivity contribution in [2.45, 2.75) is 37.8 Å². The van der Waals surface area contributed by atoms with Gasteiger partial charge in [-0.15, -0.1) is 0 Å². The molecular formula is C13H13F2NO. The van der Waals surface area contributed by atoms with E-state index in [2.05, 4.69) is 0 Å². The summed E-state index contributed by atoms with van der Waals surface area (Å²) in [4.78, 5) is 13.6. The molecule has 90 valence electrons. The molecule has 2 atom stereocenters. The number of rotatable bonds is 1. The Hall–Kier alpha value is -1.45. The van der Waals surface area contributed by atoms with E-state index < -0.39 is 11.6 Å². The zero-order valence-corrected chi connectivity index (χ0v) is 9.33. The number of hydrogen-bond acceptors (Lipinski definition) is 1. The van der Waals surface area contributed by atoms with E-state index in [1.54, 1.807) is 6.07 Å². The lowest BCUT2D eigenvalue weighted by Crippen LogP contribution is -2.29. The number of nitrogens with zero attached hydrogens (tertiary/aromatic N) is 1. The second kappa shape index (κ2) is 3.79. The Morgan fingerprint density at radius 1 is 1.12 bits per heavy atom.